The van der Waals surface area contributed by atoms with E-state index in [0.29, 0.717) is 12.0 Å². The molecule has 1 aromatic carbocycles. The van der Waals surface area contributed by atoms with Crippen LogP contribution in [-0.2, 0) is 16.4 Å². The lowest BCUT2D eigenvalue weighted by atomic mass is 10.0. The first-order chi connectivity index (χ1) is 11.0. The third-order valence-corrected chi connectivity index (χ3v) is 6.72. The minimum absolute atomic E-state index is 0.0854. The van der Waals surface area contributed by atoms with Crippen LogP contribution in [0.1, 0.15) is 35.7 Å². The molecule has 3 heterocycles. The number of aryl methyl sites for hydroxylation is 1. The number of fused-ring (bicyclic) bond motifs is 4. The molecule has 5 nitrogen and oxygen atoms in total. The molecular formula is C16H16FN3O2S. The molecule has 0 saturated carbocycles. The molecule has 0 amide bonds. The highest BCUT2D eigenvalue weighted by atomic mass is 32.2. The fourth-order valence-corrected chi connectivity index (χ4v) is 5.58. The van der Waals surface area contributed by atoms with Gasteiger partial charge >= 0.3 is 0 Å². The van der Waals surface area contributed by atoms with Crippen LogP contribution in [0.15, 0.2) is 35.6 Å². The van der Waals surface area contributed by atoms with E-state index < -0.39 is 15.8 Å². The SMILES string of the molecule is Cc1cc(S(=O)(=O)N2[C@H]3CC[C@H]2c2cncnc2C3)ccc1F. The molecule has 0 N–H and O–H groups in total. The Kier molecular flexibility index (Phi) is 3.24. The Morgan fingerprint density at radius 3 is 2.91 bits per heavy atom. The van der Waals surface area contributed by atoms with E-state index >= 15 is 0 Å². The topological polar surface area (TPSA) is 63.2 Å². The van der Waals surface area contributed by atoms with E-state index in [-0.39, 0.29) is 17.0 Å². The largest absolute Gasteiger partial charge is 0.244 e. The van der Waals surface area contributed by atoms with Gasteiger partial charge in [0.1, 0.15) is 12.1 Å². The standard InChI is InChI=1S/C16H16FN3O2S/c1-10-6-12(3-4-14(10)17)23(21,22)20-11-2-5-16(20)13-8-18-9-19-15(13)7-11/h3-4,6,8-9,11,16H,2,5,7H2,1H3/t11-,16-/m0/s1. The maximum Gasteiger partial charge on any atom is 0.243 e. The summed E-state index contributed by atoms with van der Waals surface area (Å²) >= 11 is 0. The van der Waals surface area contributed by atoms with Gasteiger partial charge in [0, 0.05) is 24.2 Å². The number of hydrogen-bond acceptors (Lipinski definition) is 4. The van der Waals surface area contributed by atoms with Crippen molar-refractivity contribution in [2.24, 2.45) is 0 Å². The molecular weight excluding hydrogens is 317 g/mol. The van der Waals surface area contributed by atoms with Gasteiger partial charge in [-0.2, -0.15) is 4.31 Å². The molecule has 2 bridgehead atoms. The van der Waals surface area contributed by atoms with E-state index in [4.69, 9.17) is 0 Å². The molecule has 0 unspecified atom stereocenters. The summed E-state index contributed by atoms with van der Waals surface area (Å²) in [6, 6.07) is 3.65. The van der Waals surface area contributed by atoms with Crippen molar-refractivity contribution in [1.82, 2.24) is 14.3 Å². The normalized spacial score (nSPS) is 23.7. The molecule has 23 heavy (non-hydrogen) atoms. The van der Waals surface area contributed by atoms with Crippen LogP contribution >= 0.6 is 0 Å². The van der Waals surface area contributed by atoms with Crippen molar-refractivity contribution < 1.29 is 12.8 Å². The lowest BCUT2D eigenvalue weighted by molar-refractivity contribution is 0.300. The number of benzene rings is 1. The van der Waals surface area contributed by atoms with Gasteiger partial charge in [0.05, 0.1) is 16.6 Å². The van der Waals surface area contributed by atoms with Gasteiger partial charge in [-0.05, 0) is 43.5 Å². The summed E-state index contributed by atoms with van der Waals surface area (Å²) in [4.78, 5) is 8.49. The van der Waals surface area contributed by atoms with Crippen LogP contribution in [0, 0.1) is 12.7 Å². The lowest BCUT2D eigenvalue weighted by Crippen LogP contribution is -2.42. The van der Waals surface area contributed by atoms with E-state index in [1.807, 2.05) is 0 Å². The molecule has 7 heteroatoms. The van der Waals surface area contributed by atoms with Gasteiger partial charge in [-0.1, -0.05) is 0 Å². The maximum atomic E-state index is 13.5. The van der Waals surface area contributed by atoms with Crippen LogP contribution in [0.25, 0.3) is 0 Å². The second-order valence-electron chi connectivity index (χ2n) is 6.12. The van der Waals surface area contributed by atoms with E-state index in [2.05, 4.69) is 9.97 Å². The zero-order valence-corrected chi connectivity index (χ0v) is 13.4. The monoisotopic (exact) mass is 333 g/mol. The number of nitrogens with zero attached hydrogens (tertiary/aromatic N) is 3. The number of halogens is 1. The van der Waals surface area contributed by atoms with E-state index in [9.17, 15) is 12.8 Å². The quantitative estimate of drug-likeness (QED) is 0.846. The molecule has 0 radical (unpaired) electrons. The van der Waals surface area contributed by atoms with Gasteiger partial charge in [0.2, 0.25) is 10.0 Å². The number of hydrogen-bond donors (Lipinski definition) is 0. The Bertz CT molecular complexity index is 885. The Morgan fingerprint density at radius 2 is 2.13 bits per heavy atom. The van der Waals surface area contributed by atoms with Gasteiger partial charge < -0.3 is 0 Å². The second-order valence-corrected chi connectivity index (χ2v) is 7.96. The smallest absolute Gasteiger partial charge is 0.243 e. The van der Waals surface area contributed by atoms with Crippen molar-refractivity contribution in [2.75, 3.05) is 0 Å². The van der Waals surface area contributed by atoms with Crippen LogP contribution in [0.4, 0.5) is 4.39 Å². The molecule has 120 valence electrons. The summed E-state index contributed by atoms with van der Waals surface area (Å²) in [5.74, 6) is -0.399. The summed E-state index contributed by atoms with van der Waals surface area (Å²) in [6.45, 7) is 1.57. The van der Waals surface area contributed by atoms with Crippen molar-refractivity contribution in [2.45, 2.75) is 43.2 Å². The highest BCUT2D eigenvalue weighted by Gasteiger charge is 2.47. The Labute approximate surface area is 134 Å². The average molecular weight is 333 g/mol. The summed E-state index contributed by atoms with van der Waals surface area (Å²) in [5.41, 5.74) is 2.16. The molecule has 4 rings (SSSR count). The molecule has 2 aliphatic rings. The first-order valence-electron chi connectivity index (χ1n) is 7.57. The fourth-order valence-electron chi connectivity index (χ4n) is 3.64. The zero-order chi connectivity index (χ0) is 16.2. The van der Waals surface area contributed by atoms with Crippen LogP contribution < -0.4 is 0 Å². The Morgan fingerprint density at radius 1 is 1.30 bits per heavy atom. The minimum atomic E-state index is -3.67. The number of rotatable bonds is 2. The van der Waals surface area contributed by atoms with Gasteiger partial charge in [-0.15, -0.1) is 0 Å². The fraction of sp³-hybridized carbons (Fsp3) is 0.375. The molecule has 2 atom stereocenters. The maximum absolute atomic E-state index is 13.5. The van der Waals surface area contributed by atoms with Crippen LogP contribution in [0.5, 0.6) is 0 Å². The summed E-state index contributed by atoms with van der Waals surface area (Å²) < 4.78 is 41.2. The molecule has 1 aromatic heterocycles. The zero-order valence-electron chi connectivity index (χ0n) is 12.6. The van der Waals surface area contributed by atoms with Gasteiger partial charge in [-0.25, -0.2) is 22.8 Å². The molecule has 0 spiro atoms. The third kappa shape index (κ3) is 2.18. The predicted molar refractivity (Wildman–Crippen MR) is 81.7 cm³/mol. The third-order valence-electron chi connectivity index (χ3n) is 4.76. The van der Waals surface area contributed by atoms with Crippen LogP contribution in [-0.4, -0.2) is 28.7 Å². The first kappa shape index (κ1) is 14.7. The Hall–Kier alpha value is -1.86. The Balaban J connectivity index is 1.80. The first-order valence-corrected chi connectivity index (χ1v) is 9.01. The van der Waals surface area contributed by atoms with Crippen molar-refractivity contribution in [1.29, 1.82) is 0 Å². The molecule has 0 aliphatic carbocycles. The average Bonchev–Trinajstić information content (AvgIpc) is 2.86. The number of sulfonamides is 1. The highest BCUT2D eigenvalue weighted by Crippen LogP contribution is 2.45. The van der Waals surface area contributed by atoms with E-state index in [0.717, 1.165) is 24.1 Å². The van der Waals surface area contributed by atoms with Crippen molar-refractivity contribution in [3.63, 3.8) is 0 Å². The minimum Gasteiger partial charge on any atom is -0.244 e. The molecule has 1 saturated heterocycles. The van der Waals surface area contributed by atoms with E-state index in [1.54, 1.807) is 17.4 Å². The lowest BCUT2D eigenvalue weighted by Gasteiger charge is -2.34. The molecule has 1 fully saturated rings. The van der Waals surface area contributed by atoms with Crippen molar-refractivity contribution in [3.05, 3.63) is 53.4 Å². The molecule has 2 aromatic rings. The molecule has 2 aliphatic heterocycles. The van der Waals surface area contributed by atoms with Gasteiger partial charge in [-0.3, -0.25) is 0 Å². The second kappa shape index (κ2) is 5.07. The van der Waals surface area contributed by atoms with Gasteiger partial charge in [0.15, 0.2) is 0 Å². The summed E-state index contributed by atoms with van der Waals surface area (Å²) in [6.07, 6.45) is 5.40. The van der Waals surface area contributed by atoms with Crippen LogP contribution in [0.3, 0.4) is 0 Å². The van der Waals surface area contributed by atoms with Crippen molar-refractivity contribution in [3.8, 4) is 0 Å². The van der Waals surface area contributed by atoms with Gasteiger partial charge in [0.25, 0.3) is 0 Å². The number of aromatic nitrogens is 2. The summed E-state index contributed by atoms with van der Waals surface area (Å²) in [7, 11) is -3.67. The summed E-state index contributed by atoms with van der Waals surface area (Å²) in [5, 5.41) is 0. The van der Waals surface area contributed by atoms with Crippen LogP contribution in [0.2, 0.25) is 0 Å². The van der Waals surface area contributed by atoms with E-state index in [1.165, 1.54) is 24.5 Å². The predicted octanol–water partition coefficient (Wildman–Crippen LogP) is 2.37. The van der Waals surface area contributed by atoms with Crippen molar-refractivity contribution >= 4 is 10.0 Å². The highest BCUT2D eigenvalue weighted by molar-refractivity contribution is 7.89.